The molecule has 4 nitrogen and oxygen atoms in total. The lowest BCUT2D eigenvalue weighted by Gasteiger charge is -2.10. The summed E-state index contributed by atoms with van der Waals surface area (Å²) in [7, 11) is 0. The summed E-state index contributed by atoms with van der Waals surface area (Å²) in [4.78, 5) is 11.9. The van der Waals surface area contributed by atoms with Gasteiger partial charge in [0.2, 0.25) is 0 Å². The molecule has 0 aliphatic heterocycles. The van der Waals surface area contributed by atoms with Crippen LogP contribution in [0, 0.1) is 13.8 Å². The second-order valence-electron chi connectivity index (χ2n) is 5.02. The number of aryl methyl sites for hydroxylation is 2. The molecule has 0 unspecified atom stereocenters. The van der Waals surface area contributed by atoms with Gasteiger partial charge in [-0.05, 0) is 38.6 Å². The second-order valence-corrected chi connectivity index (χ2v) is 7.34. The van der Waals surface area contributed by atoms with E-state index in [1.54, 1.807) is 22.7 Å². The van der Waals surface area contributed by atoms with Crippen LogP contribution in [0.5, 0.6) is 0 Å². The van der Waals surface area contributed by atoms with Crippen molar-refractivity contribution >= 4 is 28.6 Å². The van der Waals surface area contributed by atoms with E-state index >= 15 is 0 Å². The topological polar surface area (TPSA) is 49.3 Å². The second kappa shape index (κ2) is 8.90. The zero-order valence-electron chi connectivity index (χ0n) is 13.5. The largest absolute Gasteiger partial charge is 0.357 e. The van der Waals surface area contributed by atoms with E-state index in [2.05, 4.69) is 58.9 Å². The van der Waals surface area contributed by atoms with Crippen LogP contribution >= 0.6 is 22.7 Å². The Balaban J connectivity index is 1.78. The minimum absolute atomic E-state index is 0.765. The fourth-order valence-electron chi connectivity index (χ4n) is 2.01. The minimum atomic E-state index is 0.765. The maximum absolute atomic E-state index is 4.63. The summed E-state index contributed by atoms with van der Waals surface area (Å²) in [6.07, 6.45) is 1.94. The molecule has 0 aliphatic rings. The Morgan fingerprint density at radius 2 is 2.14 bits per heavy atom. The molecule has 0 saturated carbocycles. The average molecular weight is 337 g/mol. The maximum Gasteiger partial charge on any atom is 0.191 e. The van der Waals surface area contributed by atoms with Crippen LogP contribution in [0.4, 0.5) is 0 Å². The van der Waals surface area contributed by atoms with Gasteiger partial charge in [-0.3, -0.25) is 4.99 Å². The van der Waals surface area contributed by atoms with Crippen molar-refractivity contribution in [3.8, 4) is 0 Å². The third kappa shape index (κ3) is 5.42. The van der Waals surface area contributed by atoms with E-state index in [4.69, 9.17) is 0 Å². The molecule has 22 heavy (non-hydrogen) atoms. The Bertz CT molecular complexity index is 568. The van der Waals surface area contributed by atoms with E-state index in [1.807, 2.05) is 0 Å². The number of nitrogens with zero attached hydrogens (tertiary/aromatic N) is 2. The SMILES string of the molecule is CCNC(=NCCc1nc(C)c(C)s1)NCCc1cccs1. The first kappa shape index (κ1) is 17.0. The van der Waals surface area contributed by atoms with Crippen LogP contribution in [0.3, 0.4) is 0 Å². The molecular formula is C16H24N4S2. The van der Waals surface area contributed by atoms with Crippen molar-refractivity contribution in [2.24, 2.45) is 4.99 Å². The summed E-state index contributed by atoms with van der Waals surface area (Å²) in [6.45, 7) is 8.82. The van der Waals surface area contributed by atoms with E-state index in [-0.39, 0.29) is 0 Å². The minimum Gasteiger partial charge on any atom is -0.357 e. The summed E-state index contributed by atoms with van der Waals surface area (Å²) in [5.41, 5.74) is 1.14. The lowest BCUT2D eigenvalue weighted by Crippen LogP contribution is -2.38. The van der Waals surface area contributed by atoms with Crippen LogP contribution in [-0.4, -0.2) is 30.6 Å². The molecule has 0 saturated heterocycles. The van der Waals surface area contributed by atoms with E-state index in [0.29, 0.717) is 0 Å². The molecule has 0 aliphatic carbocycles. The molecule has 6 heteroatoms. The first-order valence-corrected chi connectivity index (χ1v) is 9.36. The normalized spacial score (nSPS) is 11.7. The Hall–Kier alpha value is -1.40. The number of rotatable bonds is 7. The number of hydrogen-bond acceptors (Lipinski definition) is 4. The molecule has 2 aromatic rings. The molecule has 2 aromatic heterocycles. The third-order valence-corrected chi connectivity index (χ3v) is 5.33. The number of thiophene rings is 1. The molecule has 0 fully saturated rings. The van der Waals surface area contributed by atoms with Crippen molar-refractivity contribution in [2.45, 2.75) is 33.6 Å². The summed E-state index contributed by atoms with van der Waals surface area (Å²) in [5.74, 6) is 0.893. The molecule has 0 bridgehead atoms. The number of aliphatic imine (C=N–C) groups is 1. The number of thiazole rings is 1. The molecule has 2 N–H and O–H groups in total. The molecule has 0 amide bonds. The molecule has 2 rings (SSSR count). The van der Waals surface area contributed by atoms with Gasteiger partial charge >= 0.3 is 0 Å². The van der Waals surface area contributed by atoms with Gasteiger partial charge in [0.05, 0.1) is 10.7 Å². The maximum atomic E-state index is 4.63. The Labute approximate surface area is 140 Å². The number of hydrogen-bond donors (Lipinski definition) is 2. The lowest BCUT2D eigenvalue weighted by atomic mass is 10.3. The van der Waals surface area contributed by atoms with Gasteiger partial charge < -0.3 is 10.6 Å². The highest BCUT2D eigenvalue weighted by Gasteiger charge is 2.03. The summed E-state index contributed by atoms with van der Waals surface area (Å²) in [6, 6.07) is 4.26. The first-order valence-electron chi connectivity index (χ1n) is 7.66. The summed E-state index contributed by atoms with van der Waals surface area (Å²) < 4.78 is 0. The number of guanidine groups is 1. The van der Waals surface area contributed by atoms with E-state index < -0.39 is 0 Å². The summed E-state index contributed by atoms with van der Waals surface area (Å²) >= 11 is 3.58. The Morgan fingerprint density at radius 3 is 2.77 bits per heavy atom. The monoisotopic (exact) mass is 336 g/mol. The van der Waals surface area contributed by atoms with Crippen LogP contribution in [0.15, 0.2) is 22.5 Å². The molecule has 0 spiro atoms. The van der Waals surface area contributed by atoms with Crippen LogP contribution in [0.1, 0.15) is 27.4 Å². The molecule has 2 heterocycles. The van der Waals surface area contributed by atoms with Crippen LogP contribution in [0.25, 0.3) is 0 Å². The average Bonchev–Trinajstić information content (AvgIpc) is 3.10. The highest BCUT2D eigenvalue weighted by atomic mass is 32.1. The van der Waals surface area contributed by atoms with Gasteiger partial charge in [0.15, 0.2) is 5.96 Å². The smallest absolute Gasteiger partial charge is 0.191 e. The van der Waals surface area contributed by atoms with Crippen molar-refractivity contribution in [1.82, 2.24) is 15.6 Å². The van der Waals surface area contributed by atoms with E-state index in [0.717, 1.165) is 44.1 Å². The molecular weight excluding hydrogens is 312 g/mol. The zero-order valence-corrected chi connectivity index (χ0v) is 15.1. The number of aromatic nitrogens is 1. The van der Waals surface area contributed by atoms with Gasteiger partial charge in [-0.1, -0.05) is 6.07 Å². The van der Waals surface area contributed by atoms with Gasteiger partial charge in [-0.15, -0.1) is 22.7 Å². The van der Waals surface area contributed by atoms with Crippen molar-refractivity contribution in [1.29, 1.82) is 0 Å². The summed E-state index contributed by atoms with van der Waals surface area (Å²) in [5, 5.41) is 9.97. The van der Waals surface area contributed by atoms with Gasteiger partial charge in [0.25, 0.3) is 0 Å². The van der Waals surface area contributed by atoms with Gasteiger partial charge in [-0.25, -0.2) is 4.98 Å². The Kier molecular flexibility index (Phi) is 6.86. The third-order valence-electron chi connectivity index (χ3n) is 3.26. The zero-order chi connectivity index (χ0) is 15.8. The van der Waals surface area contributed by atoms with Crippen LogP contribution in [-0.2, 0) is 12.8 Å². The first-order chi connectivity index (χ1) is 10.7. The van der Waals surface area contributed by atoms with Crippen molar-refractivity contribution in [3.63, 3.8) is 0 Å². The lowest BCUT2D eigenvalue weighted by molar-refractivity contribution is 0.800. The standard InChI is InChI=1S/C16H24N4S2/c1-4-17-16(18-9-7-14-6-5-11-21-14)19-10-8-15-20-12(2)13(3)22-15/h5-6,11H,4,7-10H2,1-3H3,(H2,17,18,19). The van der Waals surface area contributed by atoms with Crippen LogP contribution < -0.4 is 10.6 Å². The highest BCUT2D eigenvalue weighted by Crippen LogP contribution is 2.16. The van der Waals surface area contributed by atoms with E-state index in [9.17, 15) is 0 Å². The van der Waals surface area contributed by atoms with Gasteiger partial charge in [0.1, 0.15) is 0 Å². The number of nitrogens with one attached hydrogen (secondary N) is 2. The predicted octanol–water partition coefficient (Wildman–Crippen LogP) is 3.16. The molecule has 0 radical (unpaired) electrons. The van der Waals surface area contributed by atoms with Crippen molar-refractivity contribution in [2.75, 3.05) is 19.6 Å². The highest BCUT2D eigenvalue weighted by molar-refractivity contribution is 7.11. The fraction of sp³-hybridized carbons (Fsp3) is 0.500. The fourth-order valence-corrected chi connectivity index (χ4v) is 3.64. The Morgan fingerprint density at radius 1 is 1.27 bits per heavy atom. The molecule has 0 aromatic carbocycles. The predicted molar refractivity (Wildman–Crippen MR) is 97.3 cm³/mol. The van der Waals surface area contributed by atoms with Crippen LogP contribution in [0.2, 0.25) is 0 Å². The molecule has 120 valence electrons. The van der Waals surface area contributed by atoms with E-state index in [1.165, 1.54) is 14.8 Å². The van der Waals surface area contributed by atoms with Gasteiger partial charge in [0, 0.05) is 35.8 Å². The quantitative estimate of drug-likeness (QED) is 0.603. The van der Waals surface area contributed by atoms with Crippen molar-refractivity contribution in [3.05, 3.63) is 38.0 Å². The van der Waals surface area contributed by atoms with Gasteiger partial charge in [-0.2, -0.15) is 0 Å². The van der Waals surface area contributed by atoms with Crippen molar-refractivity contribution < 1.29 is 0 Å². The molecule has 0 atom stereocenters.